The van der Waals surface area contributed by atoms with E-state index in [4.69, 9.17) is 5.84 Å². The van der Waals surface area contributed by atoms with E-state index in [1.165, 1.54) is 5.56 Å². The van der Waals surface area contributed by atoms with Crippen molar-refractivity contribution in [3.05, 3.63) is 51.8 Å². The fourth-order valence-corrected chi connectivity index (χ4v) is 2.34. The lowest BCUT2D eigenvalue weighted by Gasteiger charge is -2.15. The highest BCUT2D eigenvalue weighted by Crippen LogP contribution is 2.21. The standard InChI is InChI=1S/C13H17BrN4/c1-9-12(8-18(2)17-9)13(16-15)7-10-3-5-11(14)6-4-10/h3-6,8,13,16H,7,15H2,1-2H3. The van der Waals surface area contributed by atoms with Crippen LogP contribution < -0.4 is 11.3 Å². The molecule has 5 heteroatoms. The molecule has 0 fully saturated rings. The average Bonchev–Trinajstić information content (AvgIpc) is 2.68. The Hall–Kier alpha value is -1.17. The van der Waals surface area contributed by atoms with Crippen molar-refractivity contribution >= 4 is 15.9 Å². The van der Waals surface area contributed by atoms with Crippen molar-refractivity contribution < 1.29 is 0 Å². The van der Waals surface area contributed by atoms with Crippen LogP contribution in [0.4, 0.5) is 0 Å². The van der Waals surface area contributed by atoms with Gasteiger partial charge in [-0.15, -0.1) is 0 Å². The van der Waals surface area contributed by atoms with Crippen LogP contribution in [0.3, 0.4) is 0 Å². The lowest BCUT2D eigenvalue weighted by atomic mass is 10.0. The molecule has 0 aliphatic carbocycles. The number of benzene rings is 1. The van der Waals surface area contributed by atoms with Gasteiger partial charge in [-0.2, -0.15) is 5.10 Å². The van der Waals surface area contributed by atoms with Gasteiger partial charge in [0.1, 0.15) is 0 Å². The molecular weight excluding hydrogens is 292 g/mol. The SMILES string of the molecule is Cc1nn(C)cc1C(Cc1ccc(Br)cc1)NN. The van der Waals surface area contributed by atoms with Crippen LogP contribution >= 0.6 is 15.9 Å². The number of hydrazine groups is 1. The Morgan fingerprint density at radius 3 is 2.56 bits per heavy atom. The van der Waals surface area contributed by atoms with Crippen molar-refractivity contribution in [1.29, 1.82) is 0 Å². The van der Waals surface area contributed by atoms with E-state index in [9.17, 15) is 0 Å². The van der Waals surface area contributed by atoms with Gasteiger partial charge in [-0.25, -0.2) is 0 Å². The molecule has 1 aromatic heterocycles. The van der Waals surface area contributed by atoms with Gasteiger partial charge in [-0.3, -0.25) is 16.0 Å². The van der Waals surface area contributed by atoms with Crippen LogP contribution in [0.25, 0.3) is 0 Å². The van der Waals surface area contributed by atoms with Crippen LogP contribution in [0, 0.1) is 6.92 Å². The molecule has 0 saturated heterocycles. The highest BCUT2D eigenvalue weighted by atomic mass is 79.9. The molecule has 0 bridgehead atoms. The second-order valence-electron chi connectivity index (χ2n) is 4.39. The van der Waals surface area contributed by atoms with E-state index in [1.54, 1.807) is 0 Å². The van der Waals surface area contributed by atoms with Gasteiger partial charge >= 0.3 is 0 Å². The fourth-order valence-electron chi connectivity index (χ4n) is 2.07. The Balaban J connectivity index is 2.19. The average molecular weight is 309 g/mol. The second kappa shape index (κ2) is 5.65. The van der Waals surface area contributed by atoms with Gasteiger partial charge < -0.3 is 0 Å². The maximum Gasteiger partial charge on any atom is 0.0642 e. The summed E-state index contributed by atoms with van der Waals surface area (Å²) >= 11 is 3.43. The minimum absolute atomic E-state index is 0.0832. The molecule has 18 heavy (non-hydrogen) atoms. The van der Waals surface area contributed by atoms with Crippen LogP contribution in [-0.2, 0) is 13.5 Å². The summed E-state index contributed by atoms with van der Waals surface area (Å²) in [5.74, 6) is 5.66. The summed E-state index contributed by atoms with van der Waals surface area (Å²) in [7, 11) is 1.92. The predicted molar refractivity (Wildman–Crippen MR) is 75.9 cm³/mol. The smallest absolute Gasteiger partial charge is 0.0642 e. The predicted octanol–water partition coefficient (Wildman–Crippen LogP) is 2.24. The summed E-state index contributed by atoms with van der Waals surface area (Å²) in [6.07, 6.45) is 2.86. The molecule has 0 aliphatic rings. The molecule has 3 N–H and O–H groups in total. The van der Waals surface area contributed by atoms with Gasteiger partial charge in [0, 0.05) is 23.3 Å². The summed E-state index contributed by atoms with van der Waals surface area (Å²) in [6, 6.07) is 8.36. The van der Waals surface area contributed by atoms with Gasteiger partial charge in [0.25, 0.3) is 0 Å². The lowest BCUT2D eigenvalue weighted by molar-refractivity contribution is 0.549. The van der Waals surface area contributed by atoms with Gasteiger partial charge in [0.05, 0.1) is 11.7 Å². The third-order valence-corrected chi connectivity index (χ3v) is 3.51. The minimum Gasteiger partial charge on any atom is -0.275 e. The zero-order chi connectivity index (χ0) is 13.1. The van der Waals surface area contributed by atoms with Crippen molar-refractivity contribution in [2.24, 2.45) is 12.9 Å². The zero-order valence-electron chi connectivity index (χ0n) is 10.5. The lowest BCUT2D eigenvalue weighted by Crippen LogP contribution is -2.29. The van der Waals surface area contributed by atoms with E-state index in [-0.39, 0.29) is 6.04 Å². The normalized spacial score (nSPS) is 12.7. The molecule has 2 rings (SSSR count). The first-order valence-electron chi connectivity index (χ1n) is 5.81. The zero-order valence-corrected chi connectivity index (χ0v) is 12.1. The maximum atomic E-state index is 5.66. The van der Waals surface area contributed by atoms with Crippen LogP contribution in [0.15, 0.2) is 34.9 Å². The van der Waals surface area contributed by atoms with Crippen LogP contribution in [-0.4, -0.2) is 9.78 Å². The number of aromatic nitrogens is 2. The fraction of sp³-hybridized carbons (Fsp3) is 0.308. The number of hydrogen-bond acceptors (Lipinski definition) is 3. The molecule has 1 atom stereocenters. The molecule has 4 nitrogen and oxygen atoms in total. The molecule has 1 unspecified atom stereocenters. The number of rotatable bonds is 4. The molecule has 1 aromatic carbocycles. The van der Waals surface area contributed by atoms with Crippen molar-refractivity contribution in [3.63, 3.8) is 0 Å². The Morgan fingerprint density at radius 2 is 2.06 bits per heavy atom. The van der Waals surface area contributed by atoms with E-state index in [0.717, 1.165) is 22.2 Å². The number of hydrogen-bond donors (Lipinski definition) is 2. The van der Waals surface area contributed by atoms with Crippen LogP contribution in [0.1, 0.15) is 22.9 Å². The molecular formula is C13H17BrN4. The number of nitrogens with one attached hydrogen (secondary N) is 1. The molecule has 0 spiro atoms. The Bertz CT molecular complexity index is 518. The third kappa shape index (κ3) is 2.98. The minimum atomic E-state index is 0.0832. The van der Waals surface area contributed by atoms with Crippen LogP contribution in [0.5, 0.6) is 0 Å². The Labute approximate surface area is 115 Å². The Kier molecular flexibility index (Phi) is 4.16. The largest absolute Gasteiger partial charge is 0.275 e. The molecule has 0 aliphatic heterocycles. The molecule has 96 valence electrons. The number of halogens is 1. The first-order chi connectivity index (χ1) is 8.60. The molecule has 0 amide bonds. The Morgan fingerprint density at radius 1 is 1.39 bits per heavy atom. The highest BCUT2D eigenvalue weighted by molar-refractivity contribution is 9.10. The van der Waals surface area contributed by atoms with E-state index < -0.39 is 0 Å². The second-order valence-corrected chi connectivity index (χ2v) is 5.31. The quantitative estimate of drug-likeness (QED) is 0.673. The van der Waals surface area contributed by atoms with Gasteiger partial charge in [-0.05, 0) is 31.0 Å². The topological polar surface area (TPSA) is 55.9 Å². The van der Waals surface area contributed by atoms with Crippen molar-refractivity contribution in [2.75, 3.05) is 0 Å². The molecule has 1 heterocycles. The number of nitrogens with two attached hydrogens (primary N) is 1. The van der Waals surface area contributed by atoms with E-state index in [2.05, 4.69) is 38.6 Å². The number of aryl methyl sites for hydroxylation is 2. The van der Waals surface area contributed by atoms with Crippen molar-refractivity contribution in [1.82, 2.24) is 15.2 Å². The van der Waals surface area contributed by atoms with E-state index in [1.807, 2.05) is 37.0 Å². The molecule has 0 saturated carbocycles. The third-order valence-electron chi connectivity index (χ3n) is 2.98. The summed E-state index contributed by atoms with van der Waals surface area (Å²) in [4.78, 5) is 0. The maximum absolute atomic E-state index is 5.66. The summed E-state index contributed by atoms with van der Waals surface area (Å²) in [5.41, 5.74) is 6.26. The molecule has 2 aromatic rings. The van der Waals surface area contributed by atoms with Gasteiger partial charge in [-0.1, -0.05) is 28.1 Å². The van der Waals surface area contributed by atoms with E-state index >= 15 is 0 Å². The first-order valence-corrected chi connectivity index (χ1v) is 6.60. The summed E-state index contributed by atoms with van der Waals surface area (Å²) in [5, 5.41) is 4.35. The van der Waals surface area contributed by atoms with Crippen molar-refractivity contribution in [3.8, 4) is 0 Å². The summed E-state index contributed by atoms with van der Waals surface area (Å²) in [6.45, 7) is 2.00. The van der Waals surface area contributed by atoms with Crippen LogP contribution in [0.2, 0.25) is 0 Å². The number of nitrogens with zero attached hydrogens (tertiary/aromatic N) is 2. The highest BCUT2D eigenvalue weighted by Gasteiger charge is 2.15. The van der Waals surface area contributed by atoms with Crippen molar-refractivity contribution in [2.45, 2.75) is 19.4 Å². The van der Waals surface area contributed by atoms with Gasteiger partial charge in [0.15, 0.2) is 0 Å². The molecule has 0 radical (unpaired) electrons. The first kappa shape index (κ1) is 13.3. The summed E-state index contributed by atoms with van der Waals surface area (Å²) < 4.78 is 2.90. The van der Waals surface area contributed by atoms with E-state index in [0.29, 0.717) is 0 Å². The van der Waals surface area contributed by atoms with Gasteiger partial charge in [0.2, 0.25) is 0 Å². The monoisotopic (exact) mass is 308 g/mol.